The minimum Gasteiger partial charge on any atom is -0.508 e. The van der Waals surface area contributed by atoms with E-state index in [9.17, 15) is 10.2 Å². The number of phenols is 1. The lowest BCUT2D eigenvalue weighted by molar-refractivity contribution is -0.0198. The van der Waals surface area contributed by atoms with Crippen LogP contribution in [0.25, 0.3) is 0 Å². The van der Waals surface area contributed by atoms with Crippen LogP contribution in [0.15, 0.2) is 12.1 Å². The van der Waals surface area contributed by atoms with Gasteiger partial charge in [0.2, 0.25) is 0 Å². The molecule has 4 bridgehead atoms. The quantitative estimate of drug-likeness (QED) is 0.651. The molecule has 1 aliphatic heterocycles. The molecule has 6 aliphatic rings. The lowest BCUT2D eigenvalue weighted by atomic mass is 9.48. The van der Waals surface area contributed by atoms with Crippen LogP contribution in [-0.2, 0) is 5.41 Å². The number of fused-ring (bicyclic) bond motifs is 3. The maximum Gasteiger partial charge on any atom is 0.127 e. The zero-order valence-electron chi connectivity index (χ0n) is 18.7. The molecule has 164 valence electrons. The molecule has 7 rings (SSSR count). The number of phenolic OH excluding ortho intramolecular Hbond substituents is 1. The summed E-state index contributed by atoms with van der Waals surface area (Å²) in [5, 5.41) is 20.8. The Bertz CT molecular complexity index is 805. The average Bonchev–Trinajstić information content (AvgIpc) is 2.66. The molecule has 2 N–H and O–H groups in total. The van der Waals surface area contributed by atoms with Gasteiger partial charge in [0.15, 0.2) is 0 Å². The molecular formula is C27H38O3. The SMILES string of the molecule is CC1(C)Oc2cc(C34CC5CC(CC(C5)C3)C4)cc(O)c2[C@@H]2C[C@@H](CCO)CC[C@H]21. The fraction of sp³-hybridized carbons (Fsp3) is 0.778. The predicted octanol–water partition coefficient (Wildman–Crippen LogP) is 5.91. The minimum absolute atomic E-state index is 0.200. The van der Waals surface area contributed by atoms with Gasteiger partial charge in [0, 0.05) is 18.1 Å². The molecule has 0 amide bonds. The van der Waals surface area contributed by atoms with Gasteiger partial charge in [-0.3, -0.25) is 0 Å². The summed E-state index contributed by atoms with van der Waals surface area (Å²) in [6.07, 6.45) is 12.5. The Kier molecular flexibility index (Phi) is 4.31. The Hall–Kier alpha value is -1.22. The van der Waals surface area contributed by atoms with Crippen molar-refractivity contribution in [1.82, 2.24) is 0 Å². The second-order valence-electron chi connectivity index (χ2n) is 12.2. The smallest absolute Gasteiger partial charge is 0.127 e. The van der Waals surface area contributed by atoms with Crippen LogP contribution in [0.5, 0.6) is 11.5 Å². The zero-order chi connectivity index (χ0) is 20.7. The zero-order valence-corrected chi connectivity index (χ0v) is 18.7. The van der Waals surface area contributed by atoms with Gasteiger partial charge in [-0.25, -0.2) is 0 Å². The number of rotatable bonds is 3. The highest BCUT2D eigenvalue weighted by atomic mass is 16.5. The standard InChI is InChI=1S/C27H38O3/c1-26(2)22-4-3-16(5-6-28)10-21(22)25-23(29)11-20(12-24(25)30-26)27-13-17-7-18(14-27)9-19(8-17)15-27/h11-12,16-19,21-22,28-29H,3-10,13-15H2,1-2H3/t16-,17?,18?,19?,21-,22-,27?/m1/s1. The Morgan fingerprint density at radius 2 is 1.63 bits per heavy atom. The third kappa shape index (κ3) is 2.87. The molecule has 3 heteroatoms. The Balaban J connectivity index is 1.40. The lowest BCUT2D eigenvalue weighted by Crippen LogP contribution is -2.49. The largest absolute Gasteiger partial charge is 0.508 e. The molecule has 0 saturated heterocycles. The highest BCUT2D eigenvalue weighted by Gasteiger charge is 2.53. The molecule has 5 fully saturated rings. The summed E-state index contributed by atoms with van der Waals surface area (Å²) in [5.41, 5.74) is 2.50. The Labute approximate surface area is 181 Å². The molecule has 0 aromatic heterocycles. The summed E-state index contributed by atoms with van der Waals surface area (Å²) in [4.78, 5) is 0. The van der Waals surface area contributed by atoms with E-state index < -0.39 is 0 Å². The van der Waals surface area contributed by atoms with Crippen LogP contribution in [0.3, 0.4) is 0 Å². The second-order valence-corrected chi connectivity index (χ2v) is 12.2. The number of aliphatic hydroxyl groups excluding tert-OH is 1. The molecule has 1 aromatic carbocycles. The Morgan fingerprint density at radius 3 is 2.27 bits per heavy atom. The normalized spacial score (nSPS) is 43.0. The van der Waals surface area contributed by atoms with Crippen molar-refractivity contribution in [3.8, 4) is 11.5 Å². The lowest BCUT2D eigenvalue weighted by Gasteiger charge is -2.57. The topological polar surface area (TPSA) is 49.7 Å². The van der Waals surface area contributed by atoms with Crippen LogP contribution in [0.1, 0.15) is 95.1 Å². The van der Waals surface area contributed by atoms with Gasteiger partial charge in [0.1, 0.15) is 17.1 Å². The number of hydrogen-bond donors (Lipinski definition) is 2. The fourth-order valence-corrected chi connectivity index (χ4v) is 9.05. The molecule has 5 aliphatic carbocycles. The molecule has 0 radical (unpaired) electrons. The van der Waals surface area contributed by atoms with E-state index in [-0.39, 0.29) is 17.6 Å². The van der Waals surface area contributed by atoms with Crippen molar-refractivity contribution >= 4 is 0 Å². The highest BCUT2D eigenvalue weighted by molar-refractivity contribution is 5.54. The van der Waals surface area contributed by atoms with E-state index in [4.69, 9.17) is 4.74 Å². The number of aliphatic hydroxyl groups is 1. The Morgan fingerprint density at radius 1 is 0.967 bits per heavy atom. The van der Waals surface area contributed by atoms with Crippen LogP contribution < -0.4 is 4.74 Å². The van der Waals surface area contributed by atoms with E-state index in [1.807, 2.05) is 0 Å². The van der Waals surface area contributed by atoms with Gasteiger partial charge in [-0.15, -0.1) is 0 Å². The maximum atomic E-state index is 11.3. The van der Waals surface area contributed by atoms with Gasteiger partial charge < -0.3 is 14.9 Å². The third-order valence-corrected chi connectivity index (χ3v) is 9.90. The molecule has 5 saturated carbocycles. The van der Waals surface area contributed by atoms with Crippen molar-refractivity contribution in [2.75, 3.05) is 6.61 Å². The third-order valence-electron chi connectivity index (χ3n) is 9.90. The minimum atomic E-state index is -0.200. The first kappa shape index (κ1) is 19.5. The van der Waals surface area contributed by atoms with E-state index in [0.717, 1.165) is 54.7 Å². The number of hydrogen-bond acceptors (Lipinski definition) is 3. The van der Waals surface area contributed by atoms with Gasteiger partial charge in [0.05, 0.1) is 0 Å². The van der Waals surface area contributed by atoms with Crippen molar-refractivity contribution in [2.45, 2.75) is 95.0 Å². The summed E-state index contributed by atoms with van der Waals surface area (Å²) in [6, 6.07) is 4.48. The van der Waals surface area contributed by atoms with Crippen LogP contribution in [0.2, 0.25) is 0 Å². The molecule has 0 unspecified atom stereocenters. The van der Waals surface area contributed by atoms with Gasteiger partial charge in [-0.05, 0) is 131 Å². The van der Waals surface area contributed by atoms with E-state index in [1.165, 1.54) is 44.1 Å². The number of benzene rings is 1. The molecule has 30 heavy (non-hydrogen) atoms. The summed E-state index contributed by atoms with van der Waals surface area (Å²) >= 11 is 0. The first-order valence-corrected chi connectivity index (χ1v) is 12.5. The van der Waals surface area contributed by atoms with Crippen LogP contribution in [-0.4, -0.2) is 22.4 Å². The fourth-order valence-electron chi connectivity index (χ4n) is 9.05. The van der Waals surface area contributed by atoms with Crippen molar-refractivity contribution in [3.05, 3.63) is 23.3 Å². The predicted molar refractivity (Wildman–Crippen MR) is 118 cm³/mol. The molecule has 1 aromatic rings. The summed E-state index contributed by atoms with van der Waals surface area (Å²) in [6.45, 7) is 4.76. The van der Waals surface area contributed by atoms with Gasteiger partial charge in [-0.1, -0.05) is 0 Å². The number of aromatic hydroxyl groups is 1. The van der Waals surface area contributed by atoms with Crippen LogP contribution >= 0.6 is 0 Å². The molecule has 1 heterocycles. The molecule has 3 nitrogen and oxygen atoms in total. The van der Waals surface area contributed by atoms with E-state index >= 15 is 0 Å². The summed E-state index contributed by atoms with van der Waals surface area (Å²) in [7, 11) is 0. The molecular weight excluding hydrogens is 372 g/mol. The first-order valence-electron chi connectivity index (χ1n) is 12.5. The van der Waals surface area contributed by atoms with E-state index in [1.54, 1.807) is 0 Å². The first-order chi connectivity index (χ1) is 14.4. The average molecular weight is 411 g/mol. The molecule has 0 spiro atoms. The van der Waals surface area contributed by atoms with Crippen LogP contribution in [0, 0.1) is 29.6 Å². The second kappa shape index (κ2) is 6.64. The monoisotopic (exact) mass is 410 g/mol. The van der Waals surface area contributed by atoms with Crippen molar-refractivity contribution in [3.63, 3.8) is 0 Å². The van der Waals surface area contributed by atoms with E-state index in [2.05, 4.69) is 26.0 Å². The van der Waals surface area contributed by atoms with Crippen LogP contribution in [0.4, 0.5) is 0 Å². The number of ether oxygens (including phenoxy) is 1. The van der Waals surface area contributed by atoms with E-state index in [0.29, 0.717) is 23.5 Å². The van der Waals surface area contributed by atoms with Crippen molar-refractivity contribution in [1.29, 1.82) is 0 Å². The van der Waals surface area contributed by atoms with Crippen molar-refractivity contribution < 1.29 is 14.9 Å². The summed E-state index contributed by atoms with van der Waals surface area (Å²) < 4.78 is 6.66. The highest BCUT2D eigenvalue weighted by Crippen LogP contribution is 2.63. The van der Waals surface area contributed by atoms with Gasteiger partial charge in [-0.2, -0.15) is 0 Å². The molecule has 3 atom stereocenters. The maximum absolute atomic E-state index is 11.3. The van der Waals surface area contributed by atoms with Gasteiger partial charge >= 0.3 is 0 Å². The summed E-state index contributed by atoms with van der Waals surface area (Å²) in [5.74, 6) is 5.47. The van der Waals surface area contributed by atoms with Gasteiger partial charge in [0.25, 0.3) is 0 Å². The van der Waals surface area contributed by atoms with Crippen molar-refractivity contribution in [2.24, 2.45) is 29.6 Å².